The molecule has 0 aromatic rings. The smallest absolute Gasteiger partial charge is 0.239 e. The van der Waals surface area contributed by atoms with Crippen LogP contribution in [-0.2, 0) is 4.79 Å². The Morgan fingerprint density at radius 1 is 1.10 bits per heavy atom. The number of amides is 1. The first-order valence-corrected chi connectivity index (χ1v) is 8.71. The predicted molar refractivity (Wildman–Crippen MR) is 81.5 cm³/mol. The molecule has 3 atom stereocenters. The van der Waals surface area contributed by atoms with Gasteiger partial charge >= 0.3 is 0 Å². The van der Waals surface area contributed by atoms with Gasteiger partial charge in [-0.25, -0.2) is 0 Å². The number of hydrogen-bond donors (Lipinski definition) is 1. The molecular formula is C17H30N2O. The lowest BCUT2D eigenvalue weighted by Crippen LogP contribution is -2.57. The third-order valence-corrected chi connectivity index (χ3v) is 5.51. The lowest BCUT2D eigenvalue weighted by atomic mass is 9.77. The second-order valence-corrected chi connectivity index (χ2v) is 7.48. The van der Waals surface area contributed by atoms with Gasteiger partial charge < -0.3 is 10.2 Å². The Hall–Kier alpha value is -0.570. The summed E-state index contributed by atoms with van der Waals surface area (Å²) in [4.78, 5) is 15.0. The average molecular weight is 278 g/mol. The molecule has 3 aliphatic rings. The number of nitrogens with zero attached hydrogens (tertiary/aromatic N) is 1. The first-order valence-electron chi connectivity index (χ1n) is 8.71. The zero-order valence-electron chi connectivity index (χ0n) is 13.1. The Kier molecular flexibility index (Phi) is 4.34. The summed E-state index contributed by atoms with van der Waals surface area (Å²) in [6.07, 6.45) is 10.3. The summed E-state index contributed by atoms with van der Waals surface area (Å²) in [5.41, 5.74) is 0. The second kappa shape index (κ2) is 6.05. The maximum Gasteiger partial charge on any atom is 0.239 e. The van der Waals surface area contributed by atoms with Crippen molar-refractivity contribution in [2.45, 2.75) is 83.3 Å². The van der Waals surface area contributed by atoms with E-state index in [9.17, 15) is 4.79 Å². The summed E-state index contributed by atoms with van der Waals surface area (Å²) in [6, 6.07) is 1.05. The van der Waals surface area contributed by atoms with Crippen molar-refractivity contribution in [3.8, 4) is 0 Å². The first kappa shape index (κ1) is 14.4. The molecule has 3 rings (SSSR count). The highest BCUT2D eigenvalue weighted by Crippen LogP contribution is 2.34. The van der Waals surface area contributed by atoms with Gasteiger partial charge in [0.15, 0.2) is 0 Å². The molecular weight excluding hydrogens is 248 g/mol. The number of carbonyl (C=O) groups excluding carboxylic acids is 1. The molecule has 3 unspecified atom stereocenters. The van der Waals surface area contributed by atoms with E-state index < -0.39 is 0 Å². The van der Waals surface area contributed by atoms with Gasteiger partial charge in [-0.05, 0) is 64.2 Å². The minimum atomic E-state index is 0.0931. The monoisotopic (exact) mass is 278 g/mol. The number of fused-ring (bicyclic) bond motifs is 1. The molecule has 0 spiro atoms. The lowest BCUT2D eigenvalue weighted by molar-refractivity contribution is -0.137. The molecule has 2 saturated carbocycles. The Balaban J connectivity index is 1.60. The standard InChI is InChI=1S/C17H30N2O/c1-12(2)19(11-13-7-8-13)17(20)16-10-9-14-5-3-4-6-15(14)18-16/h12-16,18H,3-11H2,1-2H3. The van der Waals surface area contributed by atoms with Crippen LogP contribution in [0.3, 0.4) is 0 Å². The van der Waals surface area contributed by atoms with Gasteiger partial charge in [-0.1, -0.05) is 12.8 Å². The Morgan fingerprint density at radius 2 is 1.85 bits per heavy atom. The van der Waals surface area contributed by atoms with E-state index in [2.05, 4.69) is 24.1 Å². The summed E-state index contributed by atoms with van der Waals surface area (Å²) in [5, 5.41) is 3.69. The normalized spacial score (nSPS) is 33.9. The van der Waals surface area contributed by atoms with Crippen molar-refractivity contribution in [1.29, 1.82) is 0 Å². The number of hydrogen-bond acceptors (Lipinski definition) is 2. The van der Waals surface area contributed by atoms with Crippen LogP contribution in [-0.4, -0.2) is 35.5 Å². The van der Waals surface area contributed by atoms with Crippen LogP contribution in [0.15, 0.2) is 0 Å². The van der Waals surface area contributed by atoms with Crippen molar-refractivity contribution in [1.82, 2.24) is 10.2 Å². The second-order valence-electron chi connectivity index (χ2n) is 7.48. The molecule has 0 radical (unpaired) electrons. The fraction of sp³-hybridized carbons (Fsp3) is 0.941. The first-order chi connectivity index (χ1) is 9.65. The van der Waals surface area contributed by atoms with Crippen molar-refractivity contribution in [2.24, 2.45) is 11.8 Å². The van der Waals surface area contributed by atoms with Crippen LogP contribution in [0.1, 0.15) is 65.2 Å². The Bertz CT molecular complexity index is 351. The quantitative estimate of drug-likeness (QED) is 0.857. The van der Waals surface area contributed by atoms with Gasteiger partial charge in [0.05, 0.1) is 6.04 Å². The van der Waals surface area contributed by atoms with E-state index in [1.54, 1.807) is 0 Å². The third kappa shape index (κ3) is 3.19. The molecule has 20 heavy (non-hydrogen) atoms. The van der Waals surface area contributed by atoms with E-state index in [-0.39, 0.29) is 6.04 Å². The maximum absolute atomic E-state index is 12.8. The summed E-state index contributed by atoms with van der Waals surface area (Å²) < 4.78 is 0. The molecule has 1 heterocycles. The van der Waals surface area contributed by atoms with E-state index in [0.717, 1.165) is 24.8 Å². The van der Waals surface area contributed by atoms with Crippen LogP contribution >= 0.6 is 0 Å². The third-order valence-electron chi connectivity index (χ3n) is 5.51. The molecule has 1 aliphatic heterocycles. The summed E-state index contributed by atoms with van der Waals surface area (Å²) >= 11 is 0. The molecule has 0 bridgehead atoms. The van der Waals surface area contributed by atoms with E-state index in [1.165, 1.54) is 44.9 Å². The van der Waals surface area contributed by atoms with Crippen molar-refractivity contribution in [2.75, 3.05) is 6.54 Å². The largest absolute Gasteiger partial charge is 0.339 e. The molecule has 3 heteroatoms. The highest BCUT2D eigenvalue weighted by atomic mass is 16.2. The van der Waals surface area contributed by atoms with Crippen LogP contribution in [0, 0.1) is 11.8 Å². The molecule has 0 aromatic carbocycles. The number of carbonyl (C=O) groups is 1. The number of nitrogens with one attached hydrogen (secondary N) is 1. The SMILES string of the molecule is CC(C)N(CC1CC1)C(=O)C1CCC2CCCCC2N1. The van der Waals surface area contributed by atoms with Crippen molar-refractivity contribution in [3.05, 3.63) is 0 Å². The minimum absolute atomic E-state index is 0.0931. The molecule has 0 aromatic heterocycles. The molecule has 1 saturated heterocycles. The maximum atomic E-state index is 12.8. The molecule has 1 amide bonds. The van der Waals surface area contributed by atoms with Crippen LogP contribution in [0.2, 0.25) is 0 Å². The zero-order chi connectivity index (χ0) is 14.1. The van der Waals surface area contributed by atoms with Crippen molar-refractivity contribution >= 4 is 5.91 Å². The molecule has 2 aliphatic carbocycles. The van der Waals surface area contributed by atoms with Gasteiger partial charge in [-0.2, -0.15) is 0 Å². The van der Waals surface area contributed by atoms with E-state index in [4.69, 9.17) is 0 Å². The van der Waals surface area contributed by atoms with Crippen molar-refractivity contribution in [3.63, 3.8) is 0 Å². The van der Waals surface area contributed by atoms with Gasteiger partial charge in [0.25, 0.3) is 0 Å². The molecule has 114 valence electrons. The van der Waals surface area contributed by atoms with Crippen LogP contribution in [0.5, 0.6) is 0 Å². The number of piperidine rings is 1. The summed E-state index contributed by atoms with van der Waals surface area (Å²) in [6.45, 7) is 5.31. The fourth-order valence-electron chi connectivity index (χ4n) is 4.02. The fourth-order valence-corrected chi connectivity index (χ4v) is 4.02. The average Bonchev–Trinajstić information content (AvgIpc) is 3.27. The zero-order valence-corrected chi connectivity index (χ0v) is 13.1. The topological polar surface area (TPSA) is 32.3 Å². The highest BCUT2D eigenvalue weighted by molar-refractivity contribution is 5.82. The van der Waals surface area contributed by atoms with Gasteiger partial charge in [0.2, 0.25) is 5.91 Å². The van der Waals surface area contributed by atoms with Gasteiger partial charge in [-0.3, -0.25) is 4.79 Å². The summed E-state index contributed by atoms with van der Waals surface area (Å²) in [5.74, 6) is 1.99. The predicted octanol–water partition coefficient (Wildman–Crippen LogP) is 2.94. The highest BCUT2D eigenvalue weighted by Gasteiger charge is 2.37. The molecule has 1 N–H and O–H groups in total. The van der Waals surface area contributed by atoms with E-state index in [0.29, 0.717) is 18.0 Å². The minimum Gasteiger partial charge on any atom is -0.339 e. The van der Waals surface area contributed by atoms with E-state index in [1.807, 2.05) is 0 Å². The van der Waals surface area contributed by atoms with Crippen molar-refractivity contribution < 1.29 is 4.79 Å². The van der Waals surface area contributed by atoms with Crippen LogP contribution in [0.4, 0.5) is 0 Å². The van der Waals surface area contributed by atoms with Gasteiger partial charge in [-0.15, -0.1) is 0 Å². The lowest BCUT2D eigenvalue weighted by Gasteiger charge is -2.42. The van der Waals surface area contributed by atoms with Crippen LogP contribution < -0.4 is 5.32 Å². The summed E-state index contributed by atoms with van der Waals surface area (Å²) in [7, 11) is 0. The van der Waals surface area contributed by atoms with Gasteiger partial charge in [0, 0.05) is 18.6 Å². The van der Waals surface area contributed by atoms with E-state index >= 15 is 0 Å². The van der Waals surface area contributed by atoms with Gasteiger partial charge in [0.1, 0.15) is 0 Å². The molecule has 3 nitrogen and oxygen atoms in total. The van der Waals surface area contributed by atoms with Crippen LogP contribution in [0.25, 0.3) is 0 Å². The Labute approximate surface area is 123 Å². The molecule has 3 fully saturated rings. The Morgan fingerprint density at radius 3 is 2.55 bits per heavy atom. The number of rotatable bonds is 4.